The number of H-pyrrole nitrogens is 1. The van der Waals surface area contributed by atoms with Gasteiger partial charge in [-0.25, -0.2) is 4.57 Å². The Morgan fingerprint density at radius 1 is 1.21 bits per heavy atom. The average molecular weight is 409 g/mol. The summed E-state index contributed by atoms with van der Waals surface area (Å²) in [6.45, 7) is 1.52. The standard InChI is InChI=1S/C18H12ClF3N4O2/c1-9(13-7-10-6-11(19)2-4-14(10)25-16(13)27)24-15-5-3-12(8-23)26(17(15)28)18(20,21)22/h2-7,9,24H,1H3,(H,25,27)/t9-/m0/s1. The summed E-state index contributed by atoms with van der Waals surface area (Å²) in [6, 6.07) is 8.91. The number of aromatic nitrogens is 2. The van der Waals surface area contributed by atoms with Crippen molar-refractivity contribution in [2.24, 2.45) is 0 Å². The zero-order valence-electron chi connectivity index (χ0n) is 14.3. The number of fused-ring (bicyclic) bond motifs is 1. The first-order valence-corrected chi connectivity index (χ1v) is 8.32. The van der Waals surface area contributed by atoms with Gasteiger partial charge in [0.05, 0.1) is 6.04 Å². The average Bonchev–Trinajstić information content (AvgIpc) is 2.61. The minimum atomic E-state index is -5.06. The Balaban J connectivity index is 2.05. The number of nitrogens with zero attached hydrogens (tertiary/aromatic N) is 2. The van der Waals surface area contributed by atoms with E-state index in [1.54, 1.807) is 24.3 Å². The van der Waals surface area contributed by atoms with E-state index in [4.69, 9.17) is 16.9 Å². The van der Waals surface area contributed by atoms with E-state index in [0.29, 0.717) is 15.9 Å². The fraction of sp³-hybridized carbons (Fsp3) is 0.167. The van der Waals surface area contributed by atoms with Crippen LogP contribution >= 0.6 is 11.6 Å². The van der Waals surface area contributed by atoms with Crippen LogP contribution in [-0.2, 0) is 6.30 Å². The highest BCUT2D eigenvalue weighted by Crippen LogP contribution is 2.24. The molecule has 6 nitrogen and oxygen atoms in total. The van der Waals surface area contributed by atoms with E-state index in [-0.39, 0.29) is 5.56 Å². The summed E-state index contributed by atoms with van der Waals surface area (Å²) in [6.07, 6.45) is -5.06. The topological polar surface area (TPSA) is 90.7 Å². The summed E-state index contributed by atoms with van der Waals surface area (Å²) in [7, 11) is 0. The van der Waals surface area contributed by atoms with Crippen LogP contribution in [0.2, 0.25) is 5.02 Å². The SMILES string of the molecule is C[C@H](Nc1ccc(C#N)n(C(F)(F)F)c1=O)c1cc2cc(Cl)ccc2[nH]c1=O. The van der Waals surface area contributed by atoms with Gasteiger partial charge in [0.25, 0.3) is 11.1 Å². The van der Waals surface area contributed by atoms with Crippen molar-refractivity contribution in [3.05, 3.63) is 73.4 Å². The molecule has 0 aliphatic rings. The van der Waals surface area contributed by atoms with Gasteiger partial charge in [-0.2, -0.15) is 5.26 Å². The van der Waals surface area contributed by atoms with E-state index in [1.165, 1.54) is 13.0 Å². The van der Waals surface area contributed by atoms with Gasteiger partial charge in [0.1, 0.15) is 17.5 Å². The van der Waals surface area contributed by atoms with Crippen LogP contribution < -0.4 is 16.4 Å². The molecule has 144 valence electrons. The zero-order chi connectivity index (χ0) is 20.6. The van der Waals surface area contributed by atoms with Crippen LogP contribution in [0.1, 0.15) is 24.2 Å². The van der Waals surface area contributed by atoms with Crippen LogP contribution in [0.4, 0.5) is 18.9 Å². The first kappa shape index (κ1) is 19.5. The highest BCUT2D eigenvalue weighted by molar-refractivity contribution is 6.31. The molecule has 0 amide bonds. The summed E-state index contributed by atoms with van der Waals surface area (Å²) < 4.78 is 38.8. The number of nitrogens with one attached hydrogen (secondary N) is 2. The molecule has 0 saturated heterocycles. The van der Waals surface area contributed by atoms with Crippen LogP contribution in [0.5, 0.6) is 0 Å². The van der Waals surface area contributed by atoms with Crippen LogP contribution in [0.15, 0.2) is 46.0 Å². The van der Waals surface area contributed by atoms with Crippen molar-refractivity contribution in [2.45, 2.75) is 19.3 Å². The lowest BCUT2D eigenvalue weighted by Gasteiger charge is -2.18. The van der Waals surface area contributed by atoms with Gasteiger partial charge in [0, 0.05) is 21.5 Å². The van der Waals surface area contributed by atoms with Crippen LogP contribution in [0.25, 0.3) is 10.9 Å². The van der Waals surface area contributed by atoms with Crippen molar-refractivity contribution in [3.63, 3.8) is 0 Å². The van der Waals surface area contributed by atoms with Crippen LogP contribution in [-0.4, -0.2) is 9.55 Å². The first-order chi connectivity index (χ1) is 13.1. The number of hydrogen-bond donors (Lipinski definition) is 2. The Labute approximate surface area is 160 Å². The molecular weight excluding hydrogens is 397 g/mol. The number of anilines is 1. The van der Waals surface area contributed by atoms with Crippen molar-refractivity contribution in [1.82, 2.24) is 9.55 Å². The molecule has 2 heterocycles. The molecule has 2 N–H and O–H groups in total. The van der Waals surface area contributed by atoms with Crippen LogP contribution in [0.3, 0.4) is 0 Å². The predicted octanol–water partition coefficient (Wildman–Crippen LogP) is 3.86. The second-order valence-electron chi connectivity index (χ2n) is 6.00. The third-order valence-electron chi connectivity index (χ3n) is 4.12. The number of alkyl halides is 3. The molecule has 0 fully saturated rings. The van der Waals surface area contributed by atoms with Crippen molar-refractivity contribution >= 4 is 28.2 Å². The molecule has 10 heteroatoms. The smallest absolute Gasteiger partial charge is 0.374 e. The van der Waals surface area contributed by atoms with Gasteiger partial charge in [-0.3, -0.25) is 9.59 Å². The summed E-state index contributed by atoms with van der Waals surface area (Å²) in [5.74, 6) is 0. The largest absolute Gasteiger partial charge is 0.492 e. The van der Waals surface area contributed by atoms with E-state index in [1.807, 2.05) is 0 Å². The highest BCUT2D eigenvalue weighted by Gasteiger charge is 2.35. The second kappa shape index (κ2) is 7.05. The van der Waals surface area contributed by atoms with E-state index < -0.39 is 39.4 Å². The Hall–Kier alpha value is -3.25. The van der Waals surface area contributed by atoms with Crippen molar-refractivity contribution in [1.29, 1.82) is 5.26 Å². The maximum atomic E-state index is 13.1. The number of benzene rings is 1. The minimum Gasteiger partial charge on any atom is -0.374 e. The zero-order valence-corrected chi connectivity index (χ0v) is 15.0. The molecule has 0 radical (unpaired) electrons. The van der Waals surface area contributed by atoms with Gasteiger partial charge in [0.2, 0.25) is 0 Å². The third-order valence-corrected chi connectivity index (χ3v) is 4.36. The molecular formula is C18H12ClF3N4O2. The highest BCUT2D eigenvalue weighted by atomic mass is 35.5. The lowest BCUT2D eigenvalue weighted by atomic mass is 10.1. The minimum absolute atomic E-state index is 0.206. The van der Waals surface area contributed by atoms with Crippen LogP contribution in [0, 0.1) is 11.3 Å². The molecule has 28 heavy (non-hydrogen) atoms. The van der Waals surface area contributed by atoms with Crippen molar-refractivity contribution < 1.29 is 13.2 Å². The molecule has 0 aliphatic heterocycles. The van der Waals surface area contributed by atoms with E-state index in [2.05, 4.69) is 10.3 Å². The quantitative estimate of drug-likeness (QED) is 0.688. The monoisotopic (exact) mass is 408 g/mol. The third kappa shape index (κ3) is 3.59. The van der Waals surface area contributed by atoms with Gasteiger partial charge < -0.3 is 10.3 Å². The summed E-state index contributed by atoms with van der Waals surface area (Å²) in [4.78, 5) is 27.2. The number of rotatable bonds is 3. The van der Waals surface area contributed by atoms with Gasteiger partial charge >= 0.3 is 6.30 Å². The molecule has 0 aliphatic carbocycles. The lowest BCUT2D eigenvalue weighted by Crippen LogP contribution is -2.34. The molecule has 3 rings (SSSR count). The number of halogens is 4. The fourth-order valence-electron chi connectivity index (χ4n) is 2.81. The fourth-order valence-corrected chi connectivity index (χ4v) is 2.99. The Bertz CT molecular complexity index is 1220. The number of hydrogen-bond acceptors (Lipinski definition) is 4. The van der Waals surface area contributed by atoms with Gasteiger partial charge in [-0.1, -0.05) is 11.6 Å². The molecule has 2 aromatic heterocycles. The summed E-state index contributed by atoms with van der Waals surface area (Å²) >= 11 is 5.95. The van der Waals surface area contributed by atoms with Crippen molar-refractivity contribution in [3.8, 4) is 6.07 Å². The Kier molecular flexibility index (Phi) is 4.91. The number of nitriles is 1. The molecule has 0 spiro atoms. The normalized spacial score (nSPS) is 12.6. The van der Waals surface area contributed by atoms with Crippen molar-refractivity contribution in [2.75, 3.05) is 5.32 Å². The summed E-state index contributed by atoms with van der Waals surface area (Å²) in [5, 5.41) is 12.5. The van der Waals surface area contributed by atoms with Gasteiger partial charge in [-0.15, -0.1) is 13.2 Å². The molecule has 3 aromatic rings. The van der Waals surface area contributed by atoms with E-state index in [9.17, 15) is 22.8 Å². The second-order valence-corrected chi connectivity index (χ2v) is 6.44. The predicted molar refractivity (Wildman–Crippen MR) is 98.3 cm³/mol. The lowest BCUT2D eigenvalue weighted by molar-refractivity contribution is -0.206. The first-order valence-electron chi connectivity index (χ1n) is 7.94. The van der Waals surface area contributed by atoms with Gasteiger partial charge in [0.15, 0.2) is 0 Å². The Morgan fingerprint density at radius 2 is 1.93 bits per heavy atom. The number of pyridine rings is 2. The molecule has 0 saturated carbocycles. The molecule has 0 bridgehead atoms. The Morgan fingerprint density at radius 3 is 2.57 bits per heavy atom. The summed E-state index contributed by atoms with van der Waals surface area (Å²) in [5.41, 5.74) is -2.37. The number of aromatic amines is 1. The van der Waals surface area contributed by atoms with E-state index in [0.717, 1.165) is 12.1 Å². The maximum absolute atomic E-state index is 13.1. The molecule has 0 unspecified atom stereocenters. The van der Waals surface area contributed by atoms with E-state index >= 15 is 0 Å². The molecule has 1 atom stereocenters. The van der Waals surface area contributed by atoms with Gasteiger partial charge in [-0.05, 0) is 43.3 Å². The molecule has 1 aromatic carbocycles. The maximum Gasteiger partial charge on any atom is 0.492 e.